The molecule has 2 aromatic heterocycles. The van der Waals surface area contributed by atoms with Gasteiger partial charge in [0, 0.05) is 12.4 Å². The molecular formula is C22H24ClN3O2. The molecule has 0 bridgehead atoms. The summed E-state index contributed by atoms with van der Waals surface area (Å²) in [5.74, 6) is 0. The number of halogens is 1. The van der Waals surface area contributed by atoms with E-state index in [2.05, 4.69) is 16.9 Å². The van der Waals surface area contributed by atoms with Gasteiger partial charge in [0.25, 0.3) is 5.56 Å². The van der Waals surface area contributed by atoms with Crippen molar-refractivity contribution in [2.75, 3.05) is 0 Å². The molecule has 0 aliphatic heterocycles. The molecule has 1 N–H and O–H groups in total. The van der Waals surface area contributed by atoms with E-state index < -0.39 is 6.10 Å². The molecule has 2 heterocycles. The van der Waals surface area contributed by atoms with Crippen LogP contribution in [0, 0.1) is 13.8 Å². The van der Waals surface area contributed by atoms with Crippen molar-refractivity contribution in [3.05, 3.63) is 68.5 Å². The van der Waals surface area contributed by atoms with E-state index >= 15 is 0 Å². The molecule has 3 aromatic rings. The number of aryl methyl sites for hydroxylation is 1. The third kappa shape index (κ3) is 3.45. The van der Waals surface area contributed by atoms with Crippen LogP contribution in [0.1, 0.15) is 54.0 Å². The van der Waals surface area contributed by atoms with Crippen LogP contribution in [0.5, 0.6) is 0 Å². The minimum Gasteiger partial charge on any atom is -0.391 e. The van der Waals surface area contributed by atoms with Gasteiger partial charge in [-0.05, 0) is 67.5 Å². The summed E-state index contributed by atoms with van der Waals surface area (Å²) in [5.41, 5.74) is 4.85. The maximum atomic E-state index is 13.3. The molecule has 0 saturated heterocycles. The third-order valence-corrected chi connectivity index (χ3v) is 6.16. The summed E-state index contributed by atoms with van der Waals surface area (Å²) in [4.78, 5) is 22.0. The molecule has 0 amide bonds. The minimum absolute atomic E-state index is 0.0791. The number of fused-ring (bicyclic) bond motifs is 1. The highest BCUT2D eigenvalue weighted by molar-refractivity contribution is 6.30. The van der Waals surface area contributed by atoms with Crippen LogP contribution in [0.15, 0.2) is 35.6 Å². The Morgan fingerprint density at radius 1 is 1.18 bits per heavy atom. The number of hydrogen-bond acceptors (Lipinski definition) is 4. The van der Waals surface area contributed by atoms with Crippen LogP contribution in [-0.2, 0) is 6.42 Å². The van der Waals surface area contributed by atoms with Crippen molar-refractivity contribution in [2.24, 2.45) is 0 Å². The number of aliphatic hydroxyl groups excluding tert-OH is 1. The van der Waals surface area contributed by atoms with Gasteiger partial charge in [-0.2, -0.15) is 0 Å². The van der Waals surface area contributed by atoms with E-state index in [-0.39, 0.29) is 11.6 Å². The van der Waals surface area contributed by atoms with Gasteiger partial charge >= 0.3 is 0 Å². The second-order valence-electron chi connectivity index (χ2n) is 7.75. The Kier molecular flexibility index (Phi) is 5.21. The van der Waals surface area contributed by atoms with E-state index in [0.29, 0.717) is 16.8 Å². The Balaban J connectivity index is 1.83. The molecule has 0 unspecified atom stereocenters. The number of aromatic nitrogens is 3. The Morgan fingerprint density at radius 2 is 1.96 bits per heavy atom. The van der Waals surface area contributed by atoms with Gasteiger partial charge in [0.1, 0.15) is 0 Å². The first-order valence-corrected chi connectivity index (χ1v) is 10.1. The summed E-state index contributed by atoms with van der Waals surface area (Å²) in [6, 6.07) is 3.65. The average Bonchev–Trinajstić information content (AvgIpc) is 2.67. The van der Waals surface area contributed by atoms with Gasteiger partial charge in [-0.15, -0.1) is 0 Å². The van der Waals surface area contributed by atoms with Crippen molar-refractivity contribution in [3.8, 4) is 0 Å². The van der Waals surface area contributed by atoms with Crippen LogP contribution >= 0.6 is 11.6 Å². The van der Waals surface area contributed by atoms with Crippen molar-refractivity contribution >= 4 is 22.5 Å². The van der Waals surface area contributed by atoms with E-state index in [4.69, 9.17) is 11.6 Å². The highest BCUT2D eigenvalue weighted by atomic mass is 35.5. The van der Waals surface area contributed by atoms with Gasteiger partial charge in [0.2, 0.25) is 0 Å². The predicted octanol–water partition coefficient (Wildman–Crippen LogP) is 4.13. The number of hydrogen-bond donors (Lipinski definition) is 1. The van der Waals surface area contributed by atoms with Gasteiger partial charge in [-0.3, -0.25) is 14.3 Å². The van der Waals surface area contributed by atoms with Gasteiger partial charge in [0.05, 0.1) is 34.4 Å². The van der Waals surface area contributed by atoms with E-state index in [1.807, 2.05) is 19.1 Å². The molecule has 5 nitrogen and oxygen atoms in total. The monoisotopic (exact) mass is 397 g/mol. The van der Waals surface area contributed by atoms with Gasteiger partial charge < -0.3 is 5.11 Å². The van der Waals surface area contributed by atoms with Gasteiger partial charge in [-0.25, -0.2) is 4.98 Å². The van der Waals surface area contributed by atoms with Gasteiger partial charge in [0.15, 0.2) is 0 Å². The summed E-state index contributed by atoms with van der Waals surface area (Å²) in [7, 11) is 0. The molecule has 1 saturated carbocycles. The van der Waals surface area contributed by atoms with Crippen LogP contribution in [0.2, 0.25) is 5.02 Å². The Morgan fingerprint density at radius 3 is 2.71 bits per heavy atom. The minimum atomic E-state index is -0.491. The van der Waals surface area contributed by atoms with E-state index in [9.17, 15) is 9.90 Å². The van der Waals surface area contributed by atoms with Crippen molar-refractivity contribution in [1.29, 1.82) is 0 Å². The van der Waals surface area contributed by atoms with Crippen LogP contribution in [0.3, 0.4) is 0 Å². The molecule has 1 aliphatic carbocycles. The summed E-state index contributed by atoms with van der Waals surface area (Å²) < 4.78 is 1.63. The fourth-order valence-electron chi connectivity index (χ4n) is 4.22. The number of pyridine rings is 1. The van der Waals surface area contributed by atoms with Gasteiger partial charge in [-0.1, -0.05) is 24.4 Å². The molecule has 146 valence electrons. The largest absolute Gasteiger partial charge is 0.391 e. The zero-order valence-corrected chi connectivity index (χ0v) is 16.9. The maximum Gasteiger partial charge on any atom is 0.261 e. The molecule has 1 fully saturated rings. The quantitative estimate of drug-likeness (QED) is 0.721. The van der Waals surface area contributed by atoms with E-state index in [1.54, 1.807) is 23.3 Å². The number of rotatable bonds is 3. The second-order valence-corrected chi connectivity index (χ2v) is 8.18. The van der Waals surface area contributed by atoms with Crippen molar-refractivity contribution in [3.63, 3.8) is 0 Å². The summed E-state index contributed by atoms with van der Waals surface area (Å²) in [6.07, 6.45) is 8.74. The van der Waals surface area contributed by atoms with Crippen LogP contribution in [0.25, 0.3) is 10.9 Å². The maximum absolute atomic E-state index is 13.3. The molecule has 28 heavy (non-hydrogen) atoms. The zero-order chi connectivity index (χ0) is 19.8. The molecular weight excluding hydrogens is 374 g/mol. The fourth-order valence-corrected chi connectivity index (χ4v) is 4.42. The Labute approximate surface area is 169 Å². The van der Waals surface area contributed by atoms with Crippen molar-refractivity contribution in [2.45, 2.75) is 58.1 Å². The summed E-state index contributed by atoms with van der Waals surface area (Å²) in [6.45, 7) is 4.06. The van der Waals surface area contributed by atoms with Crippen LogP contribution < -0.4 is 5.56 Å². The lowest BCUT2D eigenvalue weighted by atomic mass is 9.92. The molecule has 2 atom stereocenters. The SMILES string of the molecule is Cc1c(Cc2cncc(Cl)c2)cc2c(=O)n([C@H]3CCCC[C@@H]3O)cnc2c1C. The Bertz CT molecular complexity index is 1090. The first kappa shape index (κ1) is 19.1. The fraction of sp³-hybridized carbons (Fsp3) is 0.409. The van der Waals surface area contributed by atoms with Crippen LogP contribution in [0.4, 0.5) is 0 Å². The second kappa shape index (κ2) is 7.64. The molecule has 0 radical (unpaired) electrons. The topological polar surface area (TPSA) is 68.0 Å². The molecule has 6 heteroatoms. The van der Waals surface area contributed by atoms with Crippen LogP contribution in [-0.4, -0.2) is 25.7 Å². The van der Waals surface area contributed by atoms with E-state index in [1.165, 1.54) is 0 Å². The Hall–Kier alpha value is -2.24. The molecule has 1 aromatic carbocycles. The normalized spacial score (nSPS) is 19.9. The molecule has 0 spiro atoms. The standard InChI is InChI=1S/C22H24ClN3O2/c1-13-14(2)21-18(9-16(13)7-15-8-17(23)11-24-10-15)22(28)26(12-25-21)19-5-3-4-6-20(19)27/h8-12,19-20,27H,3-7H2,1-2H3/t19-,20-/m0/s1. The first-order valence-electron chi connectivity index (χ1n) is 9.73. The lowest BCUT2D eigenvalue weighted by molar-refractivity contribution is 0.0735. The smallest absolute Gasteiger partial charge is 0.261 e. The first-order chi connectivity index (χ1) is 13.5. The molecule has 4 rings (SSSR count). The number of aliphatic hydroxyl groups is 1. The highest BCUT2D eigenvalue weighted by Crippen LogP contribution is 2.29. The number of nitrogens with zero attached hydrogens (tertiary/aromatic N) is 3. The lowest BCUT2D eigenvalue weighted by Crippen LogP contribution is -2.34. The molecule has 1 aliphatic rings. The zero-order valence-electron chi connectivity index (χ0n) is 16.2. The number of benzene rings is 1. The predicted molar refractivity (Wildman–Crippen MR) is 111 cm³/mol. The summed E-state index contributed by atoms with van der Waals surface area (Å²) in [5, 5.41) is 11.6. The average molecular weight is 398 g/mol. The lowest BCUT2D eigenvalue weighted by Gasteiger charge is -2.29. The van der Waals surface area contributed by atoms with E-state index in [0.717, 1.165) is 53.5 Å². The summed E-state index contributed by atoms with van der Waals surface area (Å²) >= 11 is 6.07. The highest BCUT2D eigenvalue weighted by Gasteiger charge is 2.26. The third-order valence-electron chi connectivity index (χ3n) is 5.96. The van der Waals surface area contributed by atoms with Crippen molar-refractivity contribution < 1.29 is 5.11 Å². The van der Waals surface area contributed by atoms with Crippen molar-refractivity contribution in [1.82, 2.24) is 14.5 Å².